The quantitative estimate of drug-likeness (QED) is 0.481. The van der Waals surface area contributed by atoms with Crippen LogP contribution in [-0.4, -0.2) is 15.3 Å². The van der Waals surface area contributed by atoms with Crippen LogP contribution in [0.5, 0.6) is 0 Å². The zero-order valence-corrected chi connectivity index (χ0v) is 7.16. The highest BCUT2D eigenvalue weighted by atomic mass is 16.1. The summed E-state index contributed by atoms with van der Waals surface area (Å²) in [5.74, 6) is 3.23. The number of aryl methyl sites for hydroxylation is 1. The van der Waals surface area contributed by atoms with E-state index in [9.17, 15) is 4.79 Å². The van der Waals surface area contributed by atoms with E-state index in [0.29, 0.717) is 12.2 Å². The third-order valence-corrected chi connectivity index (χ3v) is 1.60. The lowest BCUT2D eigenvalue weighted by molar-refractivity contribution is 0.101. The van der Waals surface area contributed by atoms with Crippen LogP contribution in [0, 0.1) is 19.3 Å². The maximum Gasteiger partial charge on any atom is 0.179 e. The molecule has 0 atom stereocenters. The molecule has 0 aliphatic rings. The Balaban J connectivity index is 3.02. The number of terminal acetylenes is 1. The predicted molar refractivity (Wildman–Crippen MR) is 45.8 cm³/mol. The maximum absolute atomic E-state index is 10.9. The SMILES string of the molecule is C#CCn1cc(C(C)=O)nc1C. The van der Waals surface area contributed by atoms with Crippen molar-refractivity contribution in [1.82, 2.24) is 9.55 Å². The molecular formula is C9H10N2O. The minimum atomic E-state index is -0.0335. The van der Waals surface area contributed by atoms with Crippen LogP contribution in [0.1, 0.15) is 23.2 Å². The van der Waals surface area contributed by atoms with Crippen molar-refractivity contribution in [1.29, 1.82) is 0 Å². The van der Waals surface area contributed by atoms with Crippen molar-refractivity contribution >= 4 is 5.78 Å². The lowest BCUT2D eigenvalue weighted by atomic mass is 10.3. The van der Waals surface area contributed by atoms with Crippen molar-refractivity contribution in [3.05, 3.63) is 17.7 Å². The number of aromatic nitrogens is 2. The third kappa shape index (κ3) is 1.54. The number of ketones is 1. The maximum atomic E-state index is 10.9. The van der Waals surface area contributed by atoms with Crippen LogP contribution in [0.15, 0.2) is 6.20 Å². The Hall–Kier alpha value is -1.56. The highest BCUT2D eigenvalue weighted by Gasteiger charge is 2.05. The van der Waals surface area contributed by atoms with Gasteiger partial charge in [-0.25, -0.2) is 4.98 Å². The van der Waals surface area contributed by atoms with Gasteiger partial charge in [-0.05, 0) is 6.92 Å². The molecule has 1 aromatic rings. The van der Waals surface area contributed by atoms with Crippen molar-refractivity contribution in [2.24, 2.45) is 0 Å². The van der Waals surface area contributed by atoms with E-state index in [1.807, 2.05) is 6.92 Å². The fourth-order valence-corrected chi connectivity index (χ4v) is 0.936. The molecule has 0 aliphatic carbocycles. The Morgan fingerprint density at radius 2 is 2.50 bits per heavy atom. The highest BCUT2D eigenvalue weighted by Crippen LogP contribution is 2.02. The highest BCUT2D eigenvalue weighted by molar-refractivity contribution is 5.91. The molecule has 1 heterocycles. The Morgan fingerprint density at radius 1 is 1.83 bits per heavy atom. The third-order valence-electron chi connectivity index (χ3n) is 1.60. The lowest BCUT2D eigenvalue weighted by Crippen LogP contribution is -1.95. The Morgan fingerprint density at radius 3 is 2.92 bits per heavy atom. The number of Topliss-reactive ketones (excluding diaryl/α,β-unsaturated/α-hetero) is 1. The van der Waals surface area contributed by atoms with Crippen molar-refractivity contribution in [3.63, 3.8) is 0 Å². The predicted octanol–water partition coefficient (Wildman–Crippen LogP) is 1.03. The Labute approximate surface area is 71.4 Å². The average molecular weight is 162 g/mol. The van der Waals surface area contributed by atoms with Gasteiger partial charge in [-0.1, -0.05) is 5.92 Å². The lowest BCUT2D eigenvalue weighted by Gasteiger charge is -1.94. The second-order valence-corrected chi connectivity index (χ2v) is 2.56. The molecule has 0 amide bonds. The van der Waals surface area contributed by atoms with E-state index in [1.165, 1.54) is 6.92 Å². The van der Waals surface area contributed by atoms with E-state index in [4.69, 9.17) is 6.42 Å². The molecule has 0 saturated heterocycles. The first-order valence-electron chi connectivity index (χ1n) is 3.63. The van der Waals surface area contributed by atoms with Gasteiger partial charge in [0.15, 0.2) is 5.78 Å². The minimum absolute atomic E-state index is 0.0335. The number of carbonyl (C=O) groups excluding carboxylic acids is 1. The first-order chi connectivity index (χ1) is 5.65. The number of rotatable bonds is 2. The van der Waals surface area contributed by atoms with Gasteiger partial charge in [-0.3, -0.25) is 4.79 Å². The molecule has 0 spiro atoms. The van der Waals surface area contributed by atoms with Gasteiger partial charge in [0.25, 0.3) is 0 Å². The Kier molecular flexibility index (Phi) is 2.29. The van der Waals surface area contributed by atoms with Crippen LogP contribution in [0.2, 0.25) is 0 Å². The average Bonchev–Trinajstić information content (AvgIpc) is 2.34. The van der Waals surface area contributed by atoms with Crippen molar-refractivity contribution in [3.8, 4) is 12.3 Å². The molecule has 0 fully saturated rings. The number of hydrogen-bond donors (Lipinski definition) is 0. The van der Waals surface area contributed by atoms with Gasteiger partial charge in [0.2, 0.25) is 0 Å². The minimum Gasteiger partial charge on any atom is -0.323 e. The van der Waals surface area contributed by atoms with Gasteiger partial charge in [-0.15, -0.1) is 6.42 Å². The molecule has 0 N–H and O–H groups in total. The number of nitrogens with zero attached hydrogens (tertiary/aromatic N) is 2. The summed E-state index contributed by atoms with van der Waals surface area (Å²) in [5, 5.41) is 0. The van der Waals surface area contributed by atoms with Crippen LogP contribution < -0.4 is 0 Å². The van der Waals surface area contributed by atoms with Crippen LogP contribution in [0.3, 0.4) is 0 Å². The normalized spacial score (nSPS) is 9.42. The van der Waals surface area contributed by atoms with E-state index in [-0.39, 0.29) is 5.78 Å². The van der Waals surface area contributed by atoms with Gasteiger partial charge >= 0.3 is 0 Å². The summed E-state index contributed by atoms with van der Waals surface area (Å²) in [6.45, 7) is 3.78. The molecule has 0 aliphatic heterocycles. The van der Waals surface area contributed by atoms with E-state index in [0.717, 1.165) is 5.82 Å². The number of carbonyl (C=O) groups is 1. The summed E-state index contributed by atoms with van der Waals surface area (Å²) in [7, 11) is 0. The Bertz CT molecular complexity index is 344. The molecular weight excluding hydrogens is 152 g/mol. The fourth-order valence-electron chi connectivity index (χ4n) is 0.936. The van der Waals surface area contributed by atoms with Gasteiger partial charge in [0.05, 0.1) is 6.54 Å². The molecule has 3 heteroatoms. The fraction of sp³-hybridized carbons (Fsp3) is 0.333. The first kappa shape index (κ1) is 8.54. The standard InChI is InChI=1S/C9H10N2O/c1-4-5-11-6-9(7(2)12)10-8(11)3/h1,6H,5H2,2-3H3. The van der Waals surface area contributed by atoms with Gasteiger partial charge in [0, 0.05) is 13.1 Å². The molecule has 1 rings (SSSR count). The molecule has 0 aromatic carbocycles. The molecule has 1 aromatic heterocycles. The van der Waals surface area contributed by atoms with Crippen LogP contribution in [-0.2, 0) is 6.54 Å². The summed E-state index contributed by atoms with van der Waals surface area (Å²) < 4.78 is 1.77. The molecule has 0 bridgehead atoms. The van der Waals surface area contributed by atoms with Crippen molar-refractivity contribution < 1.29 is 4.79 Å². The van der Waals surface area contributed by atoms with Gasteiger partial charge in [-0.2, -0.15) is 0 Å². The zero-order chi connectivity index (χ0) is 9.14. The van der Waals surface area contributed by atoms with E-state index >= 15 is 0 Å². The van der Waals surface area contributed by atoms with E-state index in [2.05, 4.69) is 10.9 Å². The van der Waals surface area contributed by atoms with Crippen molar-refractivity contribution in [2.75, 3.05) is 0 Å². The van der Waals surface area contributed by atoms with Gasteiger partial charge < -0.3 is 4.57 Å². The largest absolute Gasteiger partial charge is 0.323 e. The number of hydrogen-bond acceptors (Lipinski definition) is 2. The topological polar surface area (TPSA) is 34.9 Å². The molecule has 0 radical (unpaired) electrons. The van der Waals surface area contributed by atoms with Crippen molar-refractivity contribution in [2.45, 2.75) is 20.4 Å². The summed E-state index contributed by atoms with van der Waals surface area (Å²) in [6, 6.07) is 0. The van der Waals surface area contributed by atoms with Crippen LogP contribution >= 0.6 is 0 Å². The molecule has 3 nitrogen and oxygen atoms in total. The smallest absolute Gasteiger partial charge is 0.179 e. The van der Waals surface area contributed by atoms with E-state index in [1.54, 1.807) is 10.8 Å². The van der Waals surface area contributed by atoms with Crippen LogP contribution in [0.4, 0.5) is 0 Å². The first-order valence-corrected chi connectivity index (χ1v) is 3.63. The second kappa shape index (κ2) is 3.22. The summed E-state index contributed by atoms with van der Waals surface area (Å²) in [6.07, 6.45) is 6.81. The summed E-state index contributed by atoms with van der Waals surface area (Å²) >= 11 is 0. The second-order valence-electron chi connectivity index (χ2n) is 2.56. The molecule has 12 heavy (non-hydrogen) atoms. The number of imidazole rings is 1. The molecule has 0 saturated carbocycles. The zero-order valence-electron chi connectivity index (χ0n) is 7.16. The van der Waals surface area contributed by atoms with Crippen LogP contribution in [0.25, 0.3) is 0 Å². The monoisotopic (exact) mass is 162 g/mol. The van der Waals surface area contributed by atoms with E-state index < -0.39 is 0 Å². The summed E-state index contributed by atoms with van der Waals surface area (Å²) in [4.78, 5) is 14.9. The van der Waals surface area contributed by atoms with Gasteiger partial charge in [0.1, 0.15) is 11.5 Å². The summed E-state index contributed by atoms with van der Waals surface area (Å²) in [5.41, 5.74) is 0.475. The molecule has 62 valence electrons. The molecule has 0 unspecified atom stereocenters.